The maximum absolute atomic E-state index is 11.1. The van der Waals surface area contributed by atoms with E-state index in [0.717, 1.165) is 42.6 Å². The van der Waals surface area contributed by atoms with Crippen molar-refractivity contribution in [1.82, 2.24) is 4.90 Å². The minimum atomic E-state index is -0.442. The molecule has 0 unspecified atom stereocenters. The van der Waals surface area contributed by atoms with Gasteiger partial charge in [-0.05, 0) is 36.1 Å². The second-order valence-electron chi connectivity index (χ2n) is 9.55. The molecule has 5 nitrogen and oxygen atoms in total. The van der Waals surface area contributed by atoms with Crippen LogP contribution in [-0.2, 0) is 34.0 Å². The summed E-state index contributed by atoms with van der Waals surface area (Å²) in [5.41, 5.74) is 3.36. The van der Waals surface area contributed by atoms with Crippen molar-refractivity contribution < 1.29 is 19.3 Å². The molecular weight excluding hydrogens is 438 g/mol. The molecule has 5 atom stereocenters. The van der Waals surface area contributed by atoms with Gasteiger partial charge in [-0.3, -0.25) is 4.90 Å². The quantitative estimate of drug-likeness (QED) is 0.493. The number of piperidine rings is 2. The highest BCUT2D eigenvalue weighted by molar-refractivity contribution is 5.16. The van der Waals surface area contributed by atoms with E-state index in [-0.39, 0.29) is 24.4 Å². The smallest absolute Gasteiger partial charge is 0.113 e. The van der Waals surface area contributed by atoms with Crippen LogP contribution in [-0.4, -0.2) is 53.6 Å². The molecule has 2 saturated heterocycles. The molecule has 1 N–H and O–H groups in total. The Hall–Kier alpha value is -2.54. The second kappa shape index (κ2) is 11.9. The van der Waals surface area contributed by atoms with Crippen LogP contribution in [0.4, 0.5) is 0 Å². The minimum Gasteiger partial charge on any atom is -0.391 e. The van der Waals surface area contributed by atoms with Crippen LogP contribution in [0.5, 0.6) is 0 Å². The number of hydrogen-bond donors (Lipinski definition) is 1. The van der Waals surface area contributed by atoms with Crippen LogP contribution in [0.1, 0.15) is 29.5 Å². The first-order valence-electron chi connectivity index (χ1n) is 12.7. The van der Waals surface area contributed by atoms with Crippen molar-refractivity contribution in [1.29, 1.82) is 0 Å². The van der Waals surface area contributed by atoms with E-state index in [4.69, 9.17) is 14.2 Å². The van der Waals surface area contributed by atoms with Crippen molar-refractivity contribution in [2.75, 3.05) is 13.1 Å². The van der Waals surface area contributed by atoms with Crippen LogP contribution in [0.2, 0.25) is 0 Å². The van der Waals surface area contributed by atoms with Crippen molar-refractivity contribution in [2.45, 2.75) is 63.1 Å². The molecule has 2 fully saturated rings. The molecular formula is C30H35NO4. The summed E-state index contributed by atoms with van der Waals surface area (Å²) in [4.78, 5) is 2.35. The molecule has 2 aliphatic heterocycles. The fourth-order valence-corrected chi connectivity index (χ4v) is 5.30. The number of fused-ring (bicyclic) bond motifs is 1. The van der Waals surface area contributed by atoms with Crippen molar-refractivity contribution in [3.8, 4) is 0 Å². The fraction of sp³-hybridized carbons (Fsp3) is 0.400. The summed E-state index contributed by atoms with van der Waals surface area (Å²) < 4.78 is 19.7. The van der Waals surface area contributed by atoms with Gasteiger partial charge in [-0.25, -0.2) is 0 Å². The molecule has 5 rings (SSSR count). The van der Waals surface area contributed by atoms with Gasteiger partial charge in [0.05, 0.1) is 38.1 Å². The number of aliphatic hydroxyl groups is 1. The number of nitrogens with zero attached hydrogens (tertiary/aromatic N) is 1. The SMILES string of the molecule is O[C@H]1CCCN2C[C@@H](OCc3ccccc3)[C@@H](OCc3ccccc3)[C@H](OCc3ccccc3)[C@@H]12. The highest BCUT2D eigenvalue weighted by Crippen LogP contribution is 2.33. The monoisotopic (exact) mass is 473 g/mol. The summed E-state index contributed by atoms with van der Waals surface area (Å²) >= 11 is 0. The maximum Gasteiger partial charge on any atom is 0.113 e. The number of benzene rings is 3. The van der Waals surface area contributed by atoms with Crippen LogP contribution in [0.15, 0.2) is 91.0 Å². The number of rotatable bonds is 9. The predicted octanol–water partition coefficient (Wildman–Crippen LogP) is 4.58. The van der Waals surface area contributed by atoms with E-state index in [2.05, 4.69) is 41.3 Å². The van der Waals surface area contributed by atoms with Gasteiger partial charge in [0.25, 0.3) is 0 Å². The van der Waals surface area contributed by atoms with Gasteiger partial charge in [-0.1, -0.05) is 91.0 Å². The first kappa shape index (κ1) is 24.2. The molecule has 0 saturated carbocycles. The molecule has 0 aromatic heterocycles. The van der Waals surface area contributed by atoms with E-state index in [1.165, 1.54) is 0 Å². The van der Waals surface area contributed by atoms with Gasteiger partial charge in [0, 0.05) is 6.54 Å². The van der Waals surface area contributed by atoms with Gasteiger partial charge in [0.1, 0.15) is 12.2 Å². The lowest BCUT2D eigenvalue weighted by Crippen LogP contribution is -2.68. The average Bonchev–Trinajstić information content (AvgIpc) is 2.91. The third-order valence-electron chi connectivity index (χ3n) is 7.08. The van der Waals surface area contributed by atoms with Crippen LogP contribution in [0.25, 0.3) is 0 Å². The highest BCUT2D eigenvalue weighted by Gasteiger charge is 2.49. The van der Waals surface area contributed by atoms with Crippen LogP contribution in [0.3, 0.4) is 0 Å². The summed E-state index contributed by atoms with van der Waals surface area (Å²) in [5.74, 6) is 0. The zero-order valence-corrected chi connectivity index (χ0v) is 20.1. The first-order chi connectivity index (χ1) is 17.3. The van der Waals surface area contributed by atoms with E-state index >= 15 is 0 Å². The van der Waals surface area contributed by atoms with Gasteiger partial charge in [-0.15, -0.1) is 0 Å². The average molecular weight is 474 g/mol. The molecule has 2 aliphatic rings. The molecule has 0 radical (unpaired) electrons. The van der Waals surface area contributed by atoms with Crippen LogP contribution < -0.4 is 0 Å². The molecule has 0 amide bonds. The second-order valence-corrected chi connectivity index (χ2v) is 9.55. The lowest BCUT2D eigenvalue weighted by molar-refractivity contribution is -0.222. The van der Waals surface area contributed by atoms with E-state index in [9.17, 15) is 5.11 Å². The molecule has 0 bridgehead atoms. The lowest BCUT2D eigenvalue weighted by Gasteiger charge is -2.52. The van der Waals surface area contributed by atoms with E-state index in [1.807, 2.05) is 54.6 Å². The van der Waals surface area contributed by atoms with Crippen LogP contribution in [0, 0.1) is 0 Å². The van der Waals surface area contributed by atoms with Crippen molar-refractivity contribution in [3.63, 3.8) is 0 Å². The van der Waals surface area contributed by atoms with Crippen molar-refractivity contribution >= 4 is 0 Å². The Morgan fingerprint density at radius 3 is 1.69 bits per heavy atom. The topological polar surface area (TPSA) is 51.2 Å². The number of hydrogen-bond acceptors (Lipinski definition) is 5. The molecule has 2 heterocycles. The van der Waals surface area contributed by atoms with E-state index in [0.29, 0.717) is 19.8 Å². The van der Waals surface area contributed by atoms with E-state index in [1.54, 1.807) is 0 Å². The standard InChI is InChI=1S/C30H35NO4/c32-26-17-10-18-31-19-27(33-20-23-11-4-1-5-12-23)29(34-21-24-13-6-2-7-14-24)30(28(26)31)35-22-25-15-8-3-9-16-25/h1-9,11-16,26-30,32H,10,17-22H2/t26-,27+,28+,29+,30+/m0/s1. The van der Waals surface area contributed by atoms with Gasteiger partial charge < -0.3 is 19.3 Å². The molecule has 0 spiro atoms. The van der Waals surface area contributed by atoms with Gasteiger partial charge in [0.2, 0.25) is 0 Å². The Morgan fingerprint density at radius 1 is 0.657 bits per heavy atom. The number of aliphatic hydroxyl groups excluding tert-OH is 1. The normalized spacial score (nSPS) is 26.8. The first-order valence-corrected chi connectivity index (χ1v) is 12.7. The summed E-state index contributed by atoms with van der Waals surface area (Å²) in [6.07, 6.45) is 0.557. The summed E-state index contributed by atoms with van der Waals surface area (Å²) in [6, 6.07) is 30.6. The maximum atomic E-state index is 11.1. The van der Waals surface area contributed by atoms with Crippen molar-refractivity contribution in [2.24, 2.45) is 0 Å². The zero-order valence-electron chi connectivity index (χ0n) is 20.1. The third kappa shape index (κ3) is 6.18. The highest BCUT2D eigenvalue weighted by atomic mass is 16.6. The fourth-order valence-electron chi connectivity index (χ4n) is 5.30. The van der Waals surface area contributed by atoms with Crippen molar-refractivity contribution in [3.05, 3.63) is 108 Å². The molecule has 184 valence electrons. The molecule has 3 aromatic carbocycles. The number of ether oxygens (including phenoxy) is 3. The lowest BCUT2D eigenvalue weighted by atomic mass is 9.85. The van der Waals surface area contributed by atoms with Gasteiger partial charge in [-0.2, -0.15) is 0 Å². The molecule has 0 aliphatic carbocycles. The Kier molecular flexibility index (Phi) is 8.24. The summed E-state index contributed by atoms with van der Waals surface area (Å²) in [5, 5.41) is 11.1. The Balaban J connectivity index is 1.39. The Morgan fingerprint density at radius 2 is 1.14 bits per heavy atom. The largest absolute Gasteiger partial charge is 0.391 e. The summed E-state index contributed by atoms with van der Waals surface area (Å²) in [7, 11) is 0. The van der Waals surface area contributed by atoms with E-state index < -0.39 is 6.10 Å². The molecule has 35 heavy (non-hydrogen) atoms. The van der Waals surface area contributed by atoms with Gasteiger partial charge >= 0.3 is 0 Å². The van der Waals surface area contributed by atoms with Gasteiger partial charge in [0.15, 0.2) is 0 Å². The zero-order chi connectivity index (χ0) is 23.9. The molecule has 3 aromatic rings. The Bertz CT molecular complexity index is 1020. The predicted molar refractivity (Wildman–Crippen MR) is 136 cm³/mol. The van der Waals surface area contributed by atoms with Crippen LogP contribution >= 0.6 is 0 Å². The summed E-state index contributed by atoms with van der Waals surface area (Å²) in [6.45, 7) is 3.12. The third-order valence-corrected chi connectivity index (χ3v) is 7.08. The minimum absolute atomic E-state index is 0.107. The Labute approximate surface area is 208 Å². The molecule has 5 heteroatoms.